The molecule has 1 aliphatic rings. The Balaban J connectivity index is 1.65. The first kappa shape index (κ1) is 21.9. The summed E-state index contributed by atoms with van der Waals surface area (Å²) in [5, 5.41) is 3.91. The number of aryl methyl sites for hydroxylation is 2. The molecule has 2 aromatic carbocycles. The second-order valence-electron chi connectivity index (χ2n) is 8.26. The summed E-state index contributed by atoms with van der Waals surface area (Å²) < 4.78 is 11.1. The third kappa shape index (κ3) is 4.62. The van der Waals surface area contributed by atoms with Gasteiger partial charge in [0.15, 0.2) is 0 Å². The number of H-pyrrole nitrogens is 1. The van der Waals surface area contributed by atoms with Crippen LogP contribution in [0.3, 0.4) is 0 Å². The minimum atomic E-state index is -0.300. The normalized spacial score (nSPS) is 15.7. The highest BCUT2D eigenvalue weighted by atomic mass is 16.5. The molecule has 3 aromatic rings. The Morgan fingerprint density at radius 3 is 2.75 bits per heavy atom. The highest BCUT2D eigenvalue weighted by Crippen LogP contribution is 2.25. The minimum absolute atomic E-state index is 0.0399. The SMILES string of the molecule is COc1ccccc1NC(=O)N(Cc1cc2c(C)ccc(C)c2[nH]c1=O)CC1CCCO1. The average Bonchev–Trinajstić information content (AvgIpc) is 3.30. The van der Waals surface area contributed by atoms with Crippen molar-refractivity contribution in [1.82, 2.24) is 9.88 Å². The molecule has 1 saturated heterocycles. The number of urea groups is 1. The number of methoxy groups -OCH3 is 1. The zero-order valence-electron chi connectivity index (χ0n) is 18.7. The molecule has 0 bridgehead atoms. The molecule has 7 nitrogen and oxygen atoms in total. The first-order valence-electron chi connectivity index (χ1n) is 10.9. The fourth-order valence-corrected chi connectivity index (χ4v) is 4.14. The number of amides is 2. The van der Waals surface area contributed by atoms with Gasteiger partial charge in [0.2, 0.25) is 0 Å². The van der Waals surface area contributed by atoms with E-state index in [4.69, 9.17) is 9.47 Å². The van der Waals surface area contributed by atoms with Gasteiger partial charge >= 0.3 is 6.03 Å². The number of rotatable bonds is 6. The zero-order chi connectivity index (χ0) is 22.7. The molecule has 0 spiro atoms. The molecule has 0 radical (unpaired) electrons. The van der Waals surface area contributed by atoms with E-state index in [1.54, 1.807) is 24.1 Å². The van der Waals surface area contributed by atoms with E-state index in [1.165, 1.54) is 0 Å². The summed E-state index contributed by atoms with van der Waals surface area (Å²) in [5.41, 5.74) is 3.86. The van der Waals surface area contributed by atoms with Gasteiger partial charge in [-0.1, -0.05) is 24.3 Å². The molecule has 2 amide bonds. The molecular weight excluding hydrogens is 406 g/mol. The van der Waals surface area contributed by atoms with Crippen molar-refractivity contribution < 1.29 is 14.3 Å². The molecule has 4 rings (SSSR count). The number of ether oxygens (including phenoxy) is 2. The Morgan fingerprint density at radius 2 is 2.00 bits per heavy atom. The van der Waals surface area contributed by atoms with Crippen LogP contribution in [0.4, 0.5) is 10.5 Å². The van der Waals surface area contributed by atoms with E-state index in [1.807, 2.05) is 44.2 Å². The summed E-state index contributed by atoms with van der Waals surface area (Å²) in [6, 6.07) is 12.9. The van der Waals surface area contributed by atoms with E-state index in [0.29, 0.717) is 30.2 Å². The van der Waals surface area contributed by atoms with Gasteiger partial charge in [-0.3, -0.25) is 4.79 Å². The molecule has 0 saturated carbocycles. The van der Waals surface area contributed by atoms with E-state index in [-0.39, 0.29) is 24.2 Å². The van der Waals surface area contributed by atoms with Crippen LogP contribution >= 0.6 is 0 Å². The van der Waals surface area contributed by atoms with Gasteiger partial charge in [-0.05, 0) is 56.0 Å². The molecule has 1 unspecified atom stereocenters. The van der Waals surface area contributed by atoms with Gasteiger partial charge in [-0.2, -0.15) is 0 Å². The Morgan fingerprint density at radius 1 is 1.22 bits per heavy atom. The molecule has 168 valence electrons. The van der Waals surface area contributed by atoms with Crippen molar-refractivity contribution in [3.8, 4) is 5.75 Å². The second-order valence-corrected chi connectivity index (χ2v) is 8.26. The number of anilines is 1. The number of hydrogen-bond donors (Lipinski definition) is 2. The van der Waals surface area contributed by atoms with E-state index < -0.39 is 0 Å². The Bertz CT molecular complexity index is 1180. The number of nitrogens with one attached hydrogen (secondary N) is 2. The smallest absolute Gasteiger partial charge is 0.322 e. The lowest BCUT2D eigenvalue weighted by Gasteiger charge is -2.26. The topological polar surface area (TPSA) is 83.7 Å². The first-order valence-corrected chi connectivity index (χ1v) is 10.9. The molecule has 32 heavy (non-hydrogen) atoms. The number of fused-ring (bicyclic) bond motifs is 1. The Kier molecular flexibility index (Phi) is 6.46. The van der Waals surface area contributed by atoms with Gasteiger partial charge in [0.05, 0.1) is 31.0 Å². The molecule has 7 heteroatoms. The van der Waals surface area contributed by atoms with Crippen molar-refractivity contribution in [2.24, 2.45) is 0 Å². The number of aromatic nitrogens is 1. The summed E-state index contributed by atoms with van der Waals surface area (Å²) in [7, 11) is 1.56. The highest BCUT2D eigenvalue weighted by Gasteiger charge is 2.24. The quantitative estimate of drug-likeness (QED) is 0.602. The number of carbonyl (C=O) groups excluding carboxylic acids is 1. The fraction of sp³-hybridized carbons (Fsp3) is 0.360. The van der Waals surface area contributed by atoms with Crippen LogP contribution in [0.25, 0.3) is 10.9 Å². The number of carbonyl (C=O) groups is 1. The number of nitrogens with zero attached hydrogens (tertiary/aromatic N) is 1. The van der Waals surface area contributed by atoms with Crippen LogP contribution in [0, 0.1) is 13.8 Å². The van der Waals surface area contributed by atoms with Crippen LogP contribution in [0.1, 0.15) is 29.5 Å². The molecule has 1 aromatic heterocycles. The summed E-state index contributed by atoms with van der Waals surface area (Å²) >= 11 is 0. The number of benzene rings is 2. The van der Waals surface area contributed by atoms with Crippen LogP contribution in [0.15, 0.2) is 47.3 Å². The molecule has 1 atom stereocenters. The molecule has 1 aliphatic heterocycles. The minimum Gasteiger partial charge on any atom is -0.495 e. The lowest BCUT2D eigenvalue weighted by Crippen LogP contribution is -2.40. The first-order chi connectivity index (χ1) is 15.5. The third-order valence-corrected chi connectivity index (χ3v) is 5.97. The molecule has 0 aliphatic carbocycles. The Hall–Kier alpha value is -3.32. The maximum absolute atomic E-state index is 13.3. The van der Waals surface area contributed by atoms with Crippen molar-refractivity contribution in [2.75, 3.05) is 25.6 Å². The van der Waals surface area contributed by atoms with Crippen molar-refractivity contribution >= 4 is 22.6 Å². The zero-order valence-corrected chi connectivity index (χ0v) is 18.7. The lowest BCUT2D eigenvalue weighted by atomic mass is 10.0. The van der Waals surface area contributed by atoms with Crippen LogP contribution in [0.5, 0.6) is 5.75 Å². The third-order valence-electron chi connectivity index (χ3n) is 5.97. The summed E-state index contributed by atoms with van der Waals surface area (Å²) in [4.78, 5) is 30.8. The number of pyridine rings is 1. The Labute approximate surface area is 187 Å². The predicted molar refractivity (Wildman–Crippen MR) is 125 cm³/mol. The van der Waals surface area contributed by atoms with Crippen LogP contribution in [-0.2, 0) is 11.3 Å². The van der Waals surface area contributed by atoms with Crippen molar-refractivity contribution in [3.63, 3.8) is 0 Å². The molecular formula is C25H29N3O4. The second kappa shape index (κ2) is 9.44. The van der Waals surface area contributed by atoms with E-state index in [9.17, 15) is 9.59 Å². The predicted octanol–water partition coefficient (Wildman–Crippen LogP) is 4.37. The number of aromatic amines is 1. The fourth-order valence-electron chi connectivity index (χ4n) is 4.14. The van der Waals surface area contributed by atoms with Crippen LogP contribution in [-0.4, -0.2) is 42.3 Å². The van der Waals surface area contributed by atoms with Crippen LogP contribution in [0.2, 0.25) is 0 Å². The van der Waals surface area contributed by atoms with Gasteiger partial charge in [0.25, 0.3) is 5.56 Å². The van der Waals surface area contributed by atoms with E-state index in [2.05, 4.69) is 10.3 Å². The monoisotopic (exact) mass is 435 g/mol. The van der Waals surface area contributed by atoms with Crippen molar-refractivity contribution in [1.29, 1.82) is 0 Å². The molecule has 2 heterocycles. The largest absolute Gasteiger partial charge is 0.495 e. The number of hydrogen-bond acceptors (Lipinski definition) is 4. The van der Waals surface area contributed by atoms with Gasteiger partial charge in [-0.25, -0.2) is 4.79 Å². The average molecular weight is 436 g/mol. The lowest BCUT2D eigenvalue weighted by molar-refractivity contribution is 0.0818. The standard InChI is InChI=1S/C25H29N3O4/c1-16-10-11-17(2)23-20(16)13-18(24(29)27-23)14-28(15-19-7-6-12-32-19)25(30)26-21-8-4-5-9-22(21)31-3/h4-5,8-11,13,19H,6-7,12,14-15H2,1-3H3,(H,26,30)(H,27,29). The maximum Gasteiger partial charge on any atom is 0.322 e. The highest BCUT2D eigenvalue weighted by molar-refractivity contribution is 5.91. The van der Waals surface area contributed by atoms with Gasteiger partial charge in [0.1, 0.15) is 5.75 Å². The molecule has 2 N–H and O–H groups in total. The maximum atomic E-state index is 13.3. The van der Waals surface area contributed by atoms with Crippen LogP contribution < -0.4 is 15.6 Å². The number of para-hydroxylation sites is 2. The van der Waals surface area contributed by atoms with Crippen molar-refractivity contribution in [2.45, 2.75) is 39.3 Å². The van der Waals surface area contributed by atoms with Gasteiger partial charge < -0.3 is 24.7 Å². The van der Waals surface area contributed by atoms with Gasteiger partial charge in [0, 0.05) is 24.1 Å². The summed E-state index contributed by atoms with van der Waals surface area (Å²) in [5.74, 6) is 0.576. The molecule has 1 fully saturated rings. The van der Waals surface area contributed by atoms with E-state index >= 15 is 0 Å². The van der Waals surface area contributed by atoms with Crippen molar-refractivity contribution in [3.05, 3.63) is 69.5 Å². The summed E-state index contributed by atoms with van der Waals surface area (Å²) in [6.07, 6.45) is 1.83. The summed E-state index contributed by atoms with van der Waals surface area (Å²) in [6.45, 7) is 5.27. The van der Waals surface area contributed by atoms with E-state index in [0.717, 1.165) is 34.9 Å². The van der Waals surface area contributed by atoms with Gasteiger partial charge in [-0.15, -0.1) is 0 Å².